The van der Waals surface area contributed by atoms with Crippen molar-refractivity contribution in [3.63, 3.8) is 0 Å². The lowest BCUT2D eigenvalue weighted by Gasteiger charge is -2.15. The first-order chi connectivity index (χ1) is 12.1. The topological polar surface area (TPSA) is 72.7 Å². The third-order valence-electron chi connectivity index (χ3n) is 4.65. The summed E-state index contributed by atoms with van der Waals surface area (Å²) in [6.07, 6.45) is 7.16. The van der Waals surface area contributed by atoms with E-state index >= 15 is 0 Å². The lowest BCUT2D eigenvalue weighted by atomic mass is 9.97. The zero-order valence-corrected chi connectivity index (χ0v) is 13.6. The molecule has 6 nitrogen and oxygen atoms in total. The SMILES string of the molecule is CC1CC1(C(=O)Nc1ccn(-c2ccncc2)n1)c1ncccc1F. The van der Waals surface area contributed by atoms with Crippen molar-refractivity contribution in [2.75, 3.05) is 5.32 Å². The second-order valence-electron chi connectivity index (χ2n) is 6.22. The van der Waals surface area contributed by atoms with Gasteiger partial charge in [0.05, 0.1) is 16.8 Å². The summed E-state index contributed by atoms with van der Waals surface area (Å²) >= 11 is 0. The van der Waals surface area contributed by atoms with Crippen LogP contribution in [0.5, 0.6) is 0 Å². The second-order valence-corrected chi connectivity index (χ2v) is 6.22. The van der Waals surface area contributed by atoms with Gasteiger partial charge in [-0.25, -0.2) is 9.07 Å². The molecule has 2 unspecified atom stereocenters. The van der Waals surface area contributed by atoms with E-state index in [1.807, 2.05) is 19.1 Å². The van der Waals surface area contributed by atoms with Gasteiger partial charge in [-0.1, -0.05) is 6.92 Å². The van der Waals surface area contributed by atoms with Gasteiger partial charge in [0.2, 0.25) is 5.91 Å². The van der Waals surface area contributed by atoms with Crippen LogP contribution >= 0.6 is 0 Å². The first-order valence-electron chi connectivity index (χ1n) is 8.00. The van der Waals surface area contributed by atoms with Crippen LogP contribution in [0.4, 0.5) is 10.2 Å². The van der Waals surface area contributed by atoms with Crippen LogP contribution in [0.25, 0.3) is 5.69 Å². The van der Waals surface area contributed by atoms with E-state index in [4.69, 9.17) is 0 Å². The molecule has 126 valence electrons. The molecule has 0 saturated heterocycles. The molecule has 25 heavy (non-hydrogen) atoms. The molecule has 7 heteroatoms. The van der Waals surface area contributed by atoms with E-state index in [0.717, 1.165) is 5.69 Å². The highest BCUT2D eigenvalue weighted by Crippen LogP contribution is 2.54. The van der Waals surface area contributed by atoms with E-state index in [9.17, 15) is 9.18 Å². The highest BCUT2D eigenvalue weighted by molar-refractivity contribution is 6.01. The summed E-state index contributed by atoms with van der Waals surface area (Å²) in [6, 6.07) is 8.18. The van der Waals surface area contributed by atoms with Gasteiger partial charge in [0.1, 0.15) is 5.82 Å². The molecule has 4 rings (SSSR count). The molecule has 1 aliphatic rings. The Hall–Kier alpha value is -3.09. The maximum Gasteiger partial charge on any atom is 0.238 e. The third kappa shape index (κ3) is 2.57. The molecule has 3 heterocycles. The van der Waals surface area contributed by atoms with Crippen molar-refractivity contribution in [3.05, 3.63) is 66.6 Å². The van der Waals surface area contributed by atoms with Crippen LogP contribution in [0.15, 0.2) is 55.1 Å². The Morgan fingerprint density at radius 1 is 1.28 bits per heavy atom. The van der Waals surface area contributed by atoms with Gasteiger partial charge in [-0.2, -0.15) is 5.10 Å². The number of carbonyl (C=O) groups excluding carboxylic acids is 1. The van der Waals surface area contributed by atoms with Crippen LogP contribution in [-0.2, 0) is 10.2 Å². The van der Waals surface area contributed by atoms with E-state index in [0.29, 0.717) is 12.2 Å². The van der Waals surface area contributed by atoms with Crippen LogP contribution in [0.1, 0.15) is 19.0 Å². The van der Waals surface area contributed by atoms with Crippen molar-refractivity contribution in [2.45, 2.75) is 18.8 Å². The minimum absolute atomic E-state index is 0.0270. The molecule has 1 saturated carbocycles. The van der Waals surface area contributed by atoms with Crippen LogP contribution in [-0.4, -0.2) is 25.7 Å². The Balaban J connectivity index is 1.58. The zero-order valence-electron chi connectivity index (χ0n) is 13.6. The van der Waals surface area contributed by atoms with Gasteiger partial charge < -0.3 is 5.32 Å². The van der Waals surface area contributed by atoms with Gasteiger partial charge in [0.25, 0.3) is 0 Å². The molecule has 1 N–H and O–H groups in total. The molecule has 0 aliphatic heterocycles. The van der Waals surface area contributed by atoms with E-state index < -0.39 is 11.2 Å². The van der Waals surface area contributed by atoms with E-state index in [-0.39, 0.29) is 17.5 Å². The normalized spacial score (nSPS) is 21.8. The number of carbonyl (C=O) groups is 1. The Morgan fingerprint density at radius 2 is 2.04 bits per heavy atom. The maximum absolute atomic E-state index is 14.2. The first-order valence-corrected chi connectivity index (χ1v) is 8.00. The molecule has 1 aliphatic carbocycles. The standard InChI is InChI=1S/C18H16FN5O/c1-12-11-18(12,16-14(19)3-2-7-21-16)17(25)22-15-6-10-24(23-15)13-4-8-20-9-5-13/h2-10,12H,11H2,1H3,(H,22,23,25). The molecule has 0 radical (unpaired) electrons. The number of hydrogen-bond acceptors (Lipinski definition) is 4. The van der Waals surface area contributed by atoms with Gasteiger partial charge in [-0.3, -0.25) is 14.8 Å². The van der Waals surface area contributed by atoms with Crippen molar-refractivity contribution in [2.24, 2.45) is 5.92 Å². The van der Waals surface area contributed by atoms with Gasteiger partial charge in [-0.15, -0.1) is 0 Å². The molecule has 1 amide bonds. The fourth-order valence-corrected chi connectivity index (χ4v) is 3.15. The largest absolute Gasteiger partial charge is 0.308 e. The van der Waals surface area contributed by atoms with Crippen LogP contribution in [0, 0.1) is 11.7 Å². The number of halogens is 1. The number of nitrogens with one attached hydrogen (secondary N) is 1. The summed E-state index contributed by atoms with van der Waals surface area (Å²) in [6.45, 7) is 1.92. The predicted octanol–water partition coefficient (Wildman–Crippen LogP) is 2.72. The zero-order chi connectivity index (χ0) is 17.4. The summed E-state index contributed by atoms with van der Waals surface area (Å²) in [5.41, 5.74) is 0.112. The Kier molecular flexibility index (Phi) is 3.56. The van der Waals surface area contributed by atoms with Gasteiger partial charge in [-0.05, 0) is 36.6 Å². The quantitative estimate of drug-likeness (QED) is 0.794. The maximum atomic E-state index is 14.2. The highest BCUT2D eigenvalue weighted by Gasteiger charge is 2.61. The Morgan fingerprint density at radius 3 is 2.72 bits per heavy atom. The minimum atomic E-state index is -0.925. The number of amides is 1. The number of pyridine rings is 2. The first kappa shape index (κ1) is 15.4. The van der Waals surface area contributed by atoms with Crippen LogP contribution < -0.4 is 5.32 Å². The van der Waals surface area contributed by atoms with Crippen molar-refractivity contribution < 1.29 is 9.18 Å². The smallest absolute Gasteiger partial charge is 0.238 e. The summed E-state index contributed by atoms with van der Waals surface area (Å²) < 4.78 is 15.8. The third-order valence-corrected chi connectivity index (χ3v) is 4.65. The Labute approximate surface area is 143 Å². The molecule has 0 bridgehead atoms. The average Bonchev–Trinajstić information content (AvgIpc) is 3.09. The number of nitrogens with zero attached hydrogens (tertiary/aromatic N) is 4. The molecule has 3 aromatic heterocycles. The molecule has 1 fully saturated rings. The minimum Gasteiger partial charge on any atom is -0.308 e. The molecular formula is C18H16FN5O. The summed E-state index contributed by atoms with van der Waals surface area (Å²) in [7, 11) is 0. The molecule has 3 aromatic rings. The lowest BCUT2D eigenvalue weighted by molar-refractivity contribution is -0.119. The Bertz CT molecular complexity index is 926. The molecule has 2 atom stereocenters. The number of anilines is 1. The summed E-state index contributed by atoms with van der Waals surface area (Å²) in [5, 5.41) is 7.14. The monoisotopic (exact) mass is 337 g/mol. The molecule has 0 spiro atoms. The lowest BCUT2D eigenvalue weighted by Crippen LogP contribution is -2.31. The van der Waals surface area contributed by atoms with E-state index in [1.54, 1.807) is 29.3 Å². The van der Waals surface area contributed by atoms with E-state index in [1.165, 1.54) is 18.3 Å². The summed E-state index contributed by atoms with van der Waals surface area (Å²) in [5.74, 6) is -0.294. The average molecular weight is 337 g/mol. The molecular weight excluding hydrogens is 321 g/mol. The van der Waals surface area contributed by atoms with Crippen molar-refractivity contribution in [3.8, 4) is 5.69 Å². The van der Waals surface area contributed by atoms with Crippen molar-refractivity contribution >= 4 is 11.7 Å². The van der Waals surface area contributed by atoms with Crippen molar-refractivity contribution in [1.82, 2.24) is 19.7 Å². The van der Waals surface area contributed by atoms with E-state index in [2.05, 4.69) is 20.4 Å². The molecule has 0 aromatic carbocycles. The summed E-state index contributed by atoms with van der Waals surface area (Å²) in [4.78, 5) is 20.9. The van der Waals surface area contributed by atoms with Gasteiger partial charge >= 0.3 is 0 Å². The predicted molar refractivity (Wildman–Crippen MR) is 89.6 cm³/mol. The number of rotatable bonds is 4. The van der Waals surface area contributed by atoms with Gasteiger partial charge in [0, 0.05) is 30.9 Å². The second kappa shape index (κ2) is 5.77. The van der Waals surface area contributed by atoms with Crippen LogP contribution in [0.2, 0.25) is 0 Å². The van der Waals surface area contributed by atoms with Gasteiger partial charge in [0.15, 0.2) is 5.82 Å². The number of aromatic nitrogens is 4. The number of hydrogen-bond donors (Lipinski definition) is 1. The fourth-order valence-electron chi connectivity index (χ4n) is 3.15. The van der Waals surface area contributed by atoms with Crippen LogP contribution in [0.3, 0.4) is 0 Å². The van der Waals surface area contributed by atoms with Crippen molar-refractivity contribution in [1.29, 1.82) is 0 Å². The fraction of sp³-hybridized carbons (Fsp3) is 0.222. The highest BCUT2D eigenvalue weighted by atomic mass is 19.1.